The lowest BCUT2D eigenvalue weighted by Crippen LogP contribution is -3.13. The molecule has 1 aromatic carbocycles. The van der Waals surface area contributed by atoms with Gasteiger partial charge >= 0.3 is 0 Å². The fourth-order valence-corrected chi connectivity index (χ4v) is 3.46. The van der Waals surface area contributed by atoms with Gasteiger partial charge in [0.1, 0.15) is 12.4 Å². The first-order chi connectivity index (χ1) is 10.7. The van der Waals surface area contributed by atoms with E-state index in [1.165, 1.54) is 30.2 Å². The summed E-state index contributed by atoms with van der Waals surface area (Å²) in [6, 6.07) is 7.79. The summed E-state index contributed by atoms with van der Waals surface area (Å²) in [6.45, 7) is 1.07. The first-order valence-corrected chi connectivity index (χ1v) is 8.60. The lowest BCUT2D eigenvalue weighted by atomic mass is 9.95. The van der Waals surface area contributed by atoms with Crippen LogP contribution in [-0.2, 0) is 11.3 Å². The minimum atomic E-state index is -0.159. The van der Waals surface area contributed by atoms with Crippen molar-refractivity contribution >= 4 is 5.91 Å². The molecule has 1 unspecified atom stereocenters. The van der Waals surface area contributed by atoms with Crippen LogP contribution in [0.4, 0.5) is 4.39 Å². The van der Waals surface area contributed by atoms with E-state index in [9.17, 15) is 9.18 Å². The van der Waals surface area contributed by atoms with Crippen LogP contribution in [0, 0.1) is 5.82 Å². The number of carbonyl (C=O) groups is 1. The summed E-state index contributed by atoms with van der Waals surface area (Å²) in [7, 11) is 0. The lowest BCUT2D eigenvalue weighted by Gasteiger charge is -2.24. The van der Waals surface area contributed by atoms with Crippen molar-refractivity contribution in [1.82, 2.24) is 5.32 Å². The smallest absolute Gasteiger partial charge is 0.275 e. The van der Waals surface area contributed by atoms with Crippen molar-refractivity contribution in [2.75, 3.05) is 6.54 Å². The highest BCUT2D eigenvalue weighted by Crippen LogP contribution is 2.18. The minimum absolute atomic E-state index is 0.130. The molecule has 1 amide bonds. The van der Waals surface area contributed by atoms with E-state index < -0.39 is 0 Å². The van der Waals surface area contributed by atoms with Crippen LogP contribution in [0.5, 0.6) is 0 Å². The molecule has 2 aliphatic carbocycles. The molecule has 0 aromatic heterocycles. The fourth-order valence-electron chi connectivity index (χ4n) is 3.46. The van der Waals surface area contributed by atoms with Gasteiger partial charge in [-0.2, -0.15) is 0 Å². The molecule has 2 saturated carbocycles. The van der Waals surface area contributed by atoms with Gasteiger partial charge in [0.15, 0.2) is 6.54 Å². The number of halogens is 1. The molecule has 2 fully saturated rings. The molecule has 1 atom stereocenters. The molecule has 2 N–H and O–H groups in total. The normalized spacial score (nSPS) is 20.6. The second-order valence-electron chi connectivity index (χ2n) is 6.78. The monoisotopic (exact) mass is 305 g/mol. The van der Waals surface area contributed by atoms with E-state index in [0.717, 1.165) is 31.2 Å². The third-order valence-corrected chi connectivity index (χ3v) is 4.89. The van der Waals surface area contributed by atoms with E-state index in [-0.39, 0.29) is 11.7 Å². The Kier molecular flexibility index (Phi) is 5.08. The van der Waals surface area contributed by atoms with Gasteiger partial charge in [0.2, 0.25) is 0 Å². The van der Waals surface area contributed by atoms with Crippen molar-refractivity contribution in [3.8, 4) is 0 Å². The summed E-state index contributed by atoms with van der Waals surface area (Å²) < 4.78 is 13.8. The van der Waals surface area contributed by atoms with Crippen LogP contribution in [0.2, 0.25) is 0 Å². The standard InChI is InChI=1S/C18H25FN2O/c19-17-9-5-4-6-14(17)12-21(16-10-11-16)13-18(22)20-15-7-2-1-3-8-15/h4-6,9,15-16H,1-3,7-8,10-13H2,(H,20,22)/p+1. The van der Waals surface area contributed by atoms with Crippen LogP contribution in [0.1, 0.15) is 50.5 Å². The molecule has 0 saturated heterocycles. The highest BCUT2D eigenvalue weighted by Gasteiger charge is 2.35. The zero-order valence-electron chi connectivity index (χ0n) is 13.1. The summed E-state index contributed by atoms with van der Waals surface area (Å²) in [5.74, 6) is -0.0292. The Labute approximate surface area is 131 Å². The Hall–Kier alpha value is -1.42. The maximum absolute atomic E-state index is 13.8. The van der Waals surface area contributed by atoms with E-state index in [0.29, 0.717) is 25.2 Å². The van der Waals surface area contributed by atoms with Crippen LogP contribution < -0.4 is 10.2 Å². The van der Waals surface area contributed by atoms with E-state index >= 15 is 0 Å². The number of nitrogens with one attached hydrogen (secondary N) is 2. The maximum Gasteiger partial charge on any atom is 0.275 e. The van der Waals surface area contributed by atoms with E-state index in [2.05, 4.69) is 5.32 Å². The number of hydrogen-bond acceptors (Lipinski definition) is 1. The van der Waals surface area contributed by atoms with Crippen LogP contribution >= 0.6 is 0 Å². The average molecular weight is 305 g/mol. The molecule has 0 spiro atoms. The van der Waals surface area contributed by atoms with Gasteiger partial charge in [-0.1, -0.05) is 37.5 Å². The second kappa shape index (κ2) is 7.23. The molecular weight excluding hydrogens is 279 g/mol. The number of rotatable bonds is 6. The second-order valence-corrected chi connectivity index (χ2v) is 6.78. The Balaban J connectivity index is 1.55. The predicted octanol–water partition coefficient (Wildman–Crippen LogP) is 1.82. The molecular formula is C18H26FN2O+. The topological polar surface area (TPSA) is 33.5 Å². The minimum Gasteiger partial charge on any atom is -0.348 e. The van der Waals surface area contributed by atoms with Crippen LogP contribution in [-0.4, -0.2) is 24.5 Å². The molecule has 22 heavy (non-hydrogen) atoms. The third kappa shape index (κ3) is 4.29. The molecule has 0 radical (unpaired) electrons. The first-order valence-electron chi connectivity index (χ1n) is 8.60. The molecule has 3 rings (SSSR count). The number of carbonyl (C=O) groups excluding carboxylic acids is 1. The van der Waals surface area contributed by atoms with Gasteiger partial charge in [0.25, 0.3) is 5.91 Å². The van der Waals surface area contributed by atoms with Gasteiger partial charge in [0, 0.05) is 24.4 Å². The SMILES string of the molecule is O=C(C[NH+](Cc1ccccc1F)C1CC1)NC1CCCCC1. The van der Waals surface area contributed by atoms with E-state index in [4.69, 9.17) is 0 Å². The van der Waals surface area contributed by atoms with Crippen LogP contribution in [0.15, 0.2) is 24.3 Å². The van der Waals surface area contributed by atoms with E-state index in [1.54, 1.807) is 6.07 Å². The van der Waals surface area contributed by atoms with Crippen molar-refractivity contribution in [2.45, 2.75) is 63.6 Å². The summed E-state index contributed by atoms with van der Waals surface area (Å²) in [5, 5.41) is 3.18. The first kappa shape index (κ1) is 15.5. The lowest BCUT2D eigenvalue weighted by molar-refractivity contribution is -0.917. The van der Waals surface area contributed by atoms with Gasteiger partial charge in [-0.05, 0) is 18.9 Å². The Morgan fingerprint density at radius 2 is 1.86 bits per heavy atom. The number of benzene rings is 1. The van der Waals surface area contributed by atoms with Crippen molar-refractivity contribution in [3.05, 3.63) is 35.6 Å². The van der Waals surface area contributed by atoms with Gasteiger partial charge in [-0.3, -0.25) is 4.79 Å². The van der Waals surface area contributed by atoms with Gasteiger partial charge < -0.3 is 10.2 Å². The summed E-state index contributed by atoms with van der Waals surface area (Å²) in [5.41, 5.74) is 0.717. The molecule has 0 aliphatic heterocycles. The Morgan fingerprint density at radius 3 is 2.55 bits per heavy atom. The van der Waals surface area contributed by atoms with Crippen LogP contribution in [0.3, 0.4) is 0 Å². The molecule has 1 aromatic rings. The number of hydrogen-bond donors (Lipinski definition) is 2. The zero-order valence-corrected chi connectivity index (χ0v) is 13.1. The van der Waals surface area contributed by atoms with Crippen LogP contribution in [0.25, 0.3) is 0 Å². The number of amides is 1. The molecule has 4 heteroatoms. The highest BCUT2D eigenvalue weighted by atomic mass is 19.1. The third-order valence-electron chi connectivity index (χ3n) is 4.89. The van der Waals surface area contributed by atoms with Crippen molar-refractivity contribution in [3.63, 3.8) is 0 Å². The summed E-state index contributed by atoms with van der Waals surface area (Å²) >= 11 is 0. The predicted molar refractivity (Wildman–Crippen MR) is 84.0 cm³/mol. The molecule has 2 aliphatic rings. The zero-order chi connectivity index (χ0) is 15.4. The Bertz CT molecular complexity index is 510. The van der Waals surface area contributed by atoms with Gasteiger partial charge in [0.05, 0.1) is 6.04 Å². The van der Waals surface area contributed by atoms with E-state index in [1.807, 2.05) is 12.1 Å². The maximum atomic E-state index is 13.8. The summed E-state index contributed by atoms with van der Waals surface area (Å²) in [4.78, 5) is 13.5. The Morgan fingerprint density at radius 1 is 1.14 bits per heavy atom. The van der Waals surface area contributed by atoms with Crippen molar-refractivity contribution in [2.24, 2.45) is 0 Å². The van der Waals surface area contributed by atoms with Crippen molar-refractivity contribution < 1.29 is 14.1 Å². The van der Waals surface area contributed by atoms with Gasteiger partial charge in [-0.25, -0.2) is 4.39 Å². The molecule has 120 valence electrons. The largest absolute Gasteiger partial charge is 0.348 e. The summed E-state index contributed by atoms with van der Waals surface area (Å²) in [6.07, 6.45) is 8.26. The molecule has 3 nitrogen and oxygen atoms in total. The van der Waals surface area contributed by atoms with Gasteiger partial charge in [-0.15, -0.1) is 0 Å². The van der Waals surface area contributed by atoms with Crippen molar-refractivity contribution in [1.29, 1.82) is 0 Å². The fraction of sp³-hybridized carbons (Fsp3) is 0.611. The highest BCUT2D eigenvalue weighted by molar-refractivity contribution is 5.77. The molecule has 0 heterocycles. The molecule has 0 bridgehead atoms. The quantitative estimate of drug-likeness (QED) is 0.826. The number of quaternary nitrogens is 1. The average Bonchev–Trinajstić information content (AvgIpc) is 3.34.